The molecule has 0 radical (unpaired) electrons. The molecule has 0 aliphatic rings. The van der Waals surface area contributed by atoms with Crippen LogP contribution in [0.3, 0.4) is 0 Å². The second-order valence-corrected chi connectivity index (χ2v) is 7.22. The predicted molar refractivity (Wildman–Crippen MR) is 108 cm³/mol. The maximum Gasteiger partial charge on any atom is 0.407 e. The number of nitrogens with zero attached hydrogens (tertiary/aromatic N) is 1. The van der Waals surface area contributed by atoms with E-state index in [1.807, 2.05) is 20.8 Å². The Kier molecular flexibility index (Phi) is 12.5. The summed E-state index contributed by atoms with van der Waals surface area (Å²) in [6.07, 6.45) is -0.391. The van der Waals surface area contributed by atoms with E-state index in [-0.39, 0.29) is 35.9 Å². The lowest BCUT2D eigenvalue weighted by Gasteiger charge is -2.26. The van der Waals surface area contributed by atoms with Crippen molar-refractivity contribution in [1.29, 1.82) is 0 Å². The lowest BCUT2D eigenvalue weighted by Crippen LogP contribution is -2.50. The largest absolute Gasteiger partial charge is 0.444 e. The van der Waals surface area contributed by atoms with E-state index in [0.717, 1.165) is 12.5 Å². The van der Waals surface area contributed by atoms with Gasteiger partial charge in [0.1, 0.15) is 5.60 Å². The van der Waals surface area contributed by atoms with E-state index >= 15 is 0 Å². The van der Waals surface area contributed by atoms with Crippen molar-refractivity contribution < 1.29 is 9.53 Å². The van der Waals surface area contributed by atoms with Gasteiger partial charge in [0.2, 0.25) is 0 Å². The Morgan fingerprint density at radius 3 is 2.00 bits per heavy atom. The van der Waals surface area contributed by atoms with Crippen LogP contribution in [0, 0.1) is 11.8 Å². The molecule has 0 saturated heterocycles. The van der Waals surface area contributed by atoms with Gasteiger partial charge in [-0.15, -0.1) is 24.0 Å². The average Bonchev–Trinajstić information content (AvgIpc) is 2.34. The normalized spacial score (nSPS) is 13.4. The zero-order valence-corrected chi connectivity index (χ0v) is 18.1. The minimum atomic E-state index is -0.492. The molecule has 0 saturated carbocycles. The third kappa shape index (κ3) is 13.4. The maximum absolute atomic E-state index is 11.9. The van der Waals surface area contributed by atoms with Gasteiger partial charge >= 0.3 is 6.09 Å². The number of aliphatic imine (C=N–C) groups is 1. The zero-order chi connectivity index (χ0) is 17.3. The lowest BCUT2D eigenvalue weighted by molar-refractivity contribution is 0.0491. The van der Waals surface area contributed by atoms with E-state index in [1.54, 1.807) is 7.05 Å². The maximum atomic E-state index is 11.9. The number of halogens is 1. The summed E-state index contributed by atoms with van der Waals surface area (Å²) < 4.78 is 5.31. The Balaban J connectivity index is 0. The fraction of sp³-hybridized carbons (Fsp3) is 0.875. The molecule has 0 fully saturated rings. The first-order valence-corrected chi connectivity index (χ1v) is 7.99. The second kappa shape index (κ2) is 11.8. The molecule has 0 heterocycles. The predicted octanol–water partition coefficient (Wildman–Crippen LogP) is 2.97. The second-order valence-electron chi connectivity index (χ2n) is 7.22. The Bertz CT molecular complexity index is 366. The third-order valence-corrected chi connectivity index (χ3v) is 2.90. The highest BCUT2D eigenvalue weighted by atomic mass is 127. The summed E-state index contributed by atoms with van der Waals surface area (Å²) >= 11 is 0. The van der Waals surface area contributed by atoms with Gasteiger partial charge in [-0.3, -0.25) is 4.99 Å². The lowest BCUT2D eigenvalue weighted by atomic mass is 10.0. The summed E-state index contributed by atoms with van der Waals surface area (Å²) in [6, 6.07) is -0.0348. The van der Waals surface area contributed by atoms with Crippen molar-refractivity contribution in [3.63, 3.8) is 0 Å². The van der Waals surface area contributed by atoms with E-state index in [9.17, 15) is 4.79 Å². The molecule has 0 spiro atoms. The quantitative estimate of drug-likeness (QED) is 0.336. The summed E-state index contributed by atoms with van der Waals surface area (Å²) in [5.74, 6) is 1.56. The van der Waals surface area contributed by atoms with Gasteiger partial charge in [-0.25, -0.2) is 4.79 Å². The number of hydrogen-bond donors (Lipinski definition) is 3. The molecule has 1 atom stereocenters. The van der Waals surface area contributed by atoms with Crippen molar-refractivity contribution in [3.8, 4) is 0 Å². The molecule has 23 heavy (non-hydrogen) atoms. The number of carbonyl (C=O) groups is 1. The third-order valence-electron chi connectivity index (χ3n) is 2.90. The standard InChI is InChI=1S/C16H34N4O2.HI/c1-11(2)9-18-14(17-8)19-10-13(12(3)4)20-15(21)22-16(5,6)7;/h11-13H,9-10H2,1-8H3,(H,20,21)(H2,17,18,19);1H. The van der Waals surface area contributed by atoms with Crippen LogP contribution in [0.1, 0.15) is 48.5 Å². The Labute approximate surface area is 158 Å². The van der Waals surface area contributed by atoms with Gasteiger partial charge in [-0.2, -0.15) is 0 Å². The molecule has 0 bridgehead atoms. The minimum absolute atomic E-state index is 0. The number of nitrogens with one attached hydrogen (secondary N) is 3. The molecule has 1 unspecified atom stereocenters. The highest BCUT2D eigenvalue weighted by Gasteiger charge is 2.21. The van der Waals surface area contributed by atoms with Gasteiger partial charge in [-0.1, -0.05) is 27.7 Å². The smallest absolute Gasteiger partial charge is 0.407 e. The summed E-state index contributed by atoms with van der Waals surface area (Å²) in [7, 11) is 1.74. The fourth-order valence-corrected chi connectivity index (χ4v) is 1.64. The van der Waals surface area contributed by atoms with Crippen LogP contribution in [0.15, 0.2) is 4.99 Å². The van der Waals surface area contributed by atoms with Crippen LogP contribution in [0.2, 0.25) is 0 Å². The molecule has 0 rings (SSSR count). The van der Waals surface area contributed by atoms with E-state index < -0.39 is 11.7 Å². The number of ether oxygens (including phenoxy) is 1. The van der Waals surface area contributed by atoms with Crippen LogP contribution in [-0.4, -0.2) is 43.8 Å². The van der Waals surface area contributed by atoms with Crippen LogP contribution in [0.5, 0.6) is 0 Å². The summed E-state index contributed by atoms with van der Waals surface area (Å²) in [6.45, 7) is 15.4. The molecule has 0 aliphatic heterocycles. The average molecular weight is 442 g/mol. The monoisotopic (exact) mass is 442 g/mol. The molecule has 1 amide bonds. The number of rotatable bonds is 6. The van der Waals surface area contributed by atoms with Gasteiger partial charge in [0.05, 0.1) is 6.04 Å². The Morgan fingerprint density at radius 1 is 1.09 bits per heavy atom. The summed E-state index contributed by atoms with van der Waals surface area (Å²) in [4.78, 5) is 16.1. The van der Waals surface area contributed by atoms with Gasteiger partial charge in [0, 0.05) is 20.1 Å². The zero-order valence-electron chi connectivity index (χ0n) is 15.8. The fourth-order valence-electron chi connectivity index (χ4n) is 1.64. The molecule has 0 aromatic carbocycles. The van der Waals surface area contributed by atoms with E-state index in [1.165, 1.54) is 0 Å². The van der Waals surface area contributed by atoms with Crippen molar-refractivity contribution in [2.45, 2.75) is 60.1 Å². The molecular weight excluding hydrogens is 407 g/mol. The first-order chi connectivity index (χ1) is 10.0. The molecule has 6 nitrogen and oxygen atoms in total. The van der Waals surface area contributed by atoms with Crippen LogP contribution in [-0.2, 0) is 4.74 Å². The molecule has 138 valence electrons. The number of carbonyl (C=O) groups excluding carboxylic acids is 1. The minimum Gasteiger partial charge on any atom is -0.444 e. The van der Waals surface area contributed by atoms with Crippen molar-refractivity contribution in [3.05, 3.63) is 0 Å². The van der Waals surface area contributed by atoms with Crippen LogP contribution in [0.25, 0.3) is 0 Å². The van der Waals surface area contributed by atoms with Gasteiger partial charge in [0.25, 0.3) is 0 Å². The van der Waals surface area contributed by atoms with Crippen molar-refractivity contribution >= 4 is 36.0 Å². The first kappa shape index (κ1) is 24.5. The summed E-state index contributed by atoms with van der Waals surface area (Å²) in [5, 5.41) is 9.40. The number of hydrogen-bond acceptors (Lipinski definition) is 3. The van der Waals surface area contributed by atoms with Gasteiger partial charge in [-0.05, 0) is 32.6 Å². The molecule has 0 aliphatic carbocycles. The first-order valence-electron chi connectivity index (χ1n) is 7.99. The van der Waals surface area contributed by atoms with E-state index in [4.69, 9.17) is 4.74 Å². The van der Waals surface area contributed by atoms with Crippen LogP contribution in [0.4, 0.5) is 4.79 Å². The highest BCUT2D eigenvalue weighted by Crippen LogP contribution is 2.08. The van der Waals surface area contributed by atoms with E-state index in [2.05, 4.69) is 48.6 Å². The van der Waals surface area contributed by atoms with Crippen molar-refractivity contribution in [1.82, 2.24) is 16.0 Å². The van der Waals surface area contributed by atoms with Crippen LogP contribution < -0.4 is 16.0 Å². The van der Waals surface area contributed by atoms with E-state index in [0.29, 0.717) is 12.5 Å². The molecule has 0 aromatic rings. The molecule has 7 heteroatoms. The van der Waals surface area contributed by atoms with Gasteiger partial charge < -0.3 is 20.7 Å². The summed E-state index contributed by atoms with van der Waals surface area (Å²) in [5.41, 5.74) is -0.492. The highest BCUT2D eigenvalue weighted by molar-refractivity contribution is 14.0. The van der Waals surface area contributed by atoms with Crippen LogP contribution >= 0.6 is 24.0 Å². The SMILES string of the molecule is CN=C(NCC(C)C)NCC(NC(=O)OC(C)(C)C)C(C)C.I. The Hall–Kier alpha value is -0.730. The Morgan fingerprint density at radius 2 is 1.61 bits per heavy atom. The van der Waals surface area contributed by atoms with Crippen molar-refractivity contribution in [2.24, 2.45) is 16.8 Å². The number of guanidine groups is 1. The number of amides is 1. The topological polar surface area (TPSA) is 74.8 Å². The molecule has 3 N–H and O–H groups in total. The molecular formula is C16H35IN4O2. The van der Waals surface area contributed by atoms with Gasteiger partial charge in [0.15, 0.2) is 5.96 Å². The molecule has 0 aromatic heterocycles. The van der Waals surface area contributed by atoms with Crippen molar-refractivity contribution in [2.75, 3.05) is 20.1 Å². The number of alkyl carbamates (subject to hydrolysis) is 1.